The summed E-state index contributed by atoms with van der Waals surface area (Å²) in [4.78, 5) is 12.4. The van der Waals surface area contributed by atoms with Crippen LogP contribution in [-0.4, -0.2) is 25.2 Å². The Hall–Kier alpha value is -2.40. The molecule has 3 rings (SSSR count). The predicted molar refractivity (Wildman–Crippen MR) is 90.0 cm³/mol. The van der Waals surface area contributed by atoms with Crippen LogP contribution in [-0.2, 0) is 4.74 Å². The van der Waals surface area contributed by atoms with Gasteiger partial charge in [-0.05, 0) is 43.5 Å². The van der Waals surface area contributed by atoms with Gasteiger partial charge in [0.25, 0.3) is 5.91 Å². The summed E-state index contributed by atoms with van der Waals surface area (Å²) < 4.78 is 24.8. The molecule has 1 fully saturated rings. The van der Waals surface area contributed by atoms with Crippen molar-refractivity contribution in [3.05, 3.63) is 59.4 Å². The number of hydrogen-bond donors (Lipinski definition) is 1. The molecule has 2 aromatic rings. The summed E-state index contributed by atoms with van der Waals surface area (Å²) in [5, 5.41) is 2.74. The molecule has 1 amide bonds. The maximum Gasteiger partial charge on any atom is 0.256 e. The van der Waals surface area contributed by atoms with E-state index in [1.54, 1.807) is 12.1 Å². The van der Waals surface area contributed by atoms with Gasteiger partial charge in [-0.3, -0.25) is 4.79 Å². The van der Waals surface area contributed by atoms with E-state index in [9.17, 15) is 9.18 Å². The van der Waals surface area contributed by atoms with Gasteiger partial charge in [-0.25, -0.2) is 4.39 Å². The largest absolute Gasteiger partial charge is 0.489 e. The Morgan fingerprint density at radius 2 is 2.17 bits per heavy atom. The molecule has 4 nitrogen and oxygen atoms in total. The highest BCUT2D eigenvalue weighted by molar-refractivity contribution is 6.05. The van der Waals surface area contributed by atoms with Crippen molar-refractivity contribution < 1.29 is 18.7 Å². The van der Waals surface area contributed by atoms with Crippen LogP contribution in [0.3, 0.4) is 0 Å². The van der Waals surface area contributed by atoms with Gasteiger partial charge < -0.3 is 14.8 Å². The molecule has 1 N–H and O–H groups in total. The fraction of sp³-hybridized carbons (Fsp3) is 0.316. The Bertz CT molecular complexity index is 726. The van der Waals surface area contributed by atoms with Crippen LogP contribution in [0.15, 0.2) is 42.5 Å². The van der Waals surface area contributed by atoms with Gasteiger partial charge in [0.15, 0.2) is 0 Å². The second-order valence-corrected chi connectivity index (χ2v) is 5.86. The number of ether oxygens (including phenoxy) is 2. The summed E-state index contributed by atoms with van der Waals surface area (Å²) in [5.41, 5.74) is 1.72. The molecule has 1 aliphatic heterocycles. The minimum atomic E-state index is -0.431. The van der Waals surface area contributed by atoms with Crippen molar-refractivity contribution in [3.63, 3.8) is 0 Å². The SMILES string of the molecule is Cc1ccccc1C(=O)Nc1cc(F)ccc1OC[C@@H]1CCCO1. The monoisotopic (exact) mass is 329 g/mol. The van der Waals surface area contributed by atoms with Gasteiger partial charge in [0.1, 0.15) is 18.2 Å². The number of carbonyl (C=O) groups is 1. The molecule has 0 bridgehead atoms. The normalized spacial score (nSPS) is 16.8. The van der Waals surface area contributed by atoms with E-state index in [4.69, 9.17) is 9.47 Å². The molecule has 126 valence electrons. The smallest absolute Gasteiger partial charge is 0.256 e. The van der Waals surface area contributed by atoms with Gasteiger partial charge in [0, 0.05) is 18.2 Å². The first kappa shape index (κ1) is 16.5. The van der Waals surface area contributed by atoms with Crippen LogP contribution in [0.4, 0.5) is 10.1 Å². The van der Waals surface area contributed by atoms with Crippen molar-refractivity contribution in [2.45, 2.75) is 25.9 Å². The second-order valence-electron chi connectivity index (χ2n) is 5.86. The number of hydrogen-bond acceptors (Lipinski definition) is 3. The van der Waals surface area contributed by atoms with Crippen LogP contribution in [0.2, 0.25) is 0 Å². The van der Waals surface area contributed by atoms with Crippen molar-refractivity contribution in [2.24, 2.45) is 0 Å². The highest BCUT2D eigenvalue weighted by Gasteiger charge is 2.18. The van der Waals surface area contributed by atoms with Gasteiger partial charge in [-0.2, -0.15) is 0 Å². The molecule has 5 heteroatoms. The fourth-order valence-corrected chi connectivity index (χ4v) is 2.70. The summed E-state index contributed by atoms with van der Waals surface area (Å²) in [6, 6.07) is 11.4. The molecule has 24 heavy (non-hydrogen) atoms. The topological polar surface area (TPSA) is 47.6 Å². The lowest BCUT2D eigenvalue weighted by Gasteiger charge is -2.15. The summed E-state index contributed by atoms with van der Waals surface area (Å²) in [5.74, 6) is -0.283. The number of nitrogens with one attached hydrogen (secondary N) is 1. The molecule has 0 unspecified atom stereocenters. The first-order valence-corrected chi connectivity index (χ1v) is 8.04. The van der Waals surface area contributed by atoms with Crippen LogP contribution in [0.25, 0.3) is 0 Å². The Morgan fingerprint density at radius 1 is 1.33 bits per heavy atom. The molecule has 0 aliphatic carbocycles. The standard InChI is InChI=1S/C19H20FNO3/c1-13-5-2-3-7-16(13)19(22)21-17-11-14(20)8-9-18(17)24-12-15-6-4-10-23-15/h2-3,5,7-9,11,15H,4,6,10,12H2,1H3,(H,21,22)/t15-/m0/s1. The third-order valence-corrected chi connectivity index (χ3v) is 4.03. The zero-order chi connectivity index (χ0) is 16.9. The number of anilines is 1. The average molecular weight is 329 g/mol. The molecular weight excluding hydrogens is 309 g/mol. The summed E-state index contributed by atoms with van der Waals surface area (Å²) >= 11 is 0. The van der Waals surface area contributed by atoms with Gasteiger partial charge in [-0.1, -0.05) is 18.2 Å². The number of benzene rings is 2. The highest BCUT2D eigenvalue weighted by atomic mass is 19.1. The van der Waals surface area contributed by atoms with E-state index in [0.29, 0.717) is 23.6 Å². The third kappa shape index (κ3) is 3.92. The first-order chi connectivity index (χ1) is 11.6. The van der Waals surface area contributed by atoms with Crippen LogP contribution in [0.1, 0.15) is 28.8 Å². The molecule has 0 radical (unpaired) electrons. The number of rotatable bonds is 5. The predicted octanol–water partition coefficient (Wildman–Crippen LogP) is 3.94. The lowest BCUT2D eigenvalue weighted by molar-refractivity contribution is 0.0681. The number of amides is 1. The second kappa shape index (κ2) is 7.45. The molecule has 1 aliphatic rings. The van der Waals surface area contributed by atoms with Gasteiger partial charge in [-0.15, -0.1) is 0 Å². The molecule has 1 atom stereocenters. The fourth-order valence-electron chi connectivity index (χ4n) is 2.70. The van der Waals surface area contributed by atoms with Crippen LogP contribution in [0, 0.1) is 12.7 Å². The van der Waals surface area contributed by atoms with E-state index in [-0.39, 0.29) is 12.0 Å². The molecule has 2 aromatic carbocycles. The molecular formula is C19H20FNO3. The Morgan fingerprint density at radius 3 is 2.92 bits per heavy atom. The lowest BCUT2D eigenvalue weighted by Crippen LogP contribution is -2.18. The van der Waals surface area contributed by atoms with Crippen molar-refractivity contribution in [1.29, 1.82) is 0 Å². The summed E-state index contributed by atoms with van der Waals surface area (Å²) in [6.45, 7) is 2.99. The molecule has 0 aromatic heterocycles. The maximum absolute atomic E-state index is 13.6. The van der Waals surface area contributed by atoms with Crippen molar-refractivity contribution in [2.75, 3.05) is 18.5 Å². The molecule has 0 spiro atoms. The van der Waals surface area contributed by atoms with Crippen molar-refractivity contribution in [1.82, 2.24) is 0 Å². The number of carbonyl (C=O) groups excluding carboxylic acids is 1. The maximum atomic E-state index is 13.6. The van der Waals surface area contributed by atoms with Crippen molar-refractivity contribution in [3.8, 4) is 5.75 Å². The zero-order valence-corrected chi connectivity index (χ0v) is 13.5. The molecule has 1 heterocycles. The minimum absolute atomic E-state index is 0.0509. The average Bonchev–Trinajstić information content (AvgIpc) is 3.08. The van der Waals surface area contributed by atoms with Crippen LogP contribution >= 0.6 is 0 Å². The first-order valence-electron chi connectivity index (χ1n) is 8.04. The van der Waals surface area contributed by atoms with Gasteiger partial charge >= 0.3 is 0 Å². The van der Waals surface area contributed by atoms with E-state index >= 15 is 0 Å². The van der Waals surface area contributed by atoms with E-state index in [0.717, 1.165) is 25.0 Å². The number of halogens is 1. The van der Waals surface area contributed by atoms with Gasteiger partial charge in [0.2, 0.25) is 0 Å². The van der Waals surface area contributed by atoms with E-state index < -0.39 is 5.82 Å². The van der Waals surface area contributed by atoms with E-state index in [2.05, 4.69) is 5.32 Å². The van der Waals surface area contributed by atoms with E-state index in [1.165, 1.54) is 18.2 Å². The number of aryl methyl sites for hydroxylation is 1. The van der Waals surface area contributed by atoms with Crippen molar-refractivity contribution >= 4 is 11.6 Å². The summed E-state index contributed by atoms with van der Waals surface area (Å²) in [6.07, 6.45) is 2.02. The highest BCUT2D eigenvalue weighted by Crippen LogP contribution is 2.27. The summed E-state index contributed by atoms with van der Waals surface area (Å²) in [7, 11) is 0. The zero-order valence-electron chi connectivity index (χ0n) is 13.5. The Balaban J connectivity index is 1.75. The lowest BCUT2D eigenvalue weighted by atomic mass is 10.1. The molecule has 0 saturated carbocycles. The van der Waals surface area contributed by atoms with E-state index in [1.807, 2.05) is 19.1 Å². The quantitative estimate of drug-likeness (QED) is 0.904. The van der Waals surface area contributed by atoms with Gasteiger partial charge in [0.05, 0.1) is 11.8 Å². The third-order valence-electron chi connectivity index (χ3n) is 4.03. The van der Waals surface area contributed by atoms with Crippen LogP contribution < -0.4 is 10.1 Å². The molecule has 1 saturated heterocycles. The minimum Gasteiger partial charge on any atom is -0.489 e. The Labute approximate surface area is 140 Å². The van der Waals surface area contributed by atoms with Crippen LogP contribution in [0.5, 0.6) is 5.75 Å². The Kier molecular flexibility index (Phi) is 5.11.